The number of oxime groups is 1. The number of carbonyl (C=O) groups excluding carboxylic acids is 1. The molecule has 1 saturated carbocycles. The van der Waals surface area contributed by atoms with Gasteiger partial charge < -0.3 is 16.3 Å². The Labute approximate surface area is 115 Å². The fourth-order valence-corrected chi connectivity index (χ4v) is 2.40. The Morgan fingerprint density at radius 3 is 2.26 bits per heavy atom. The summed E-state index contributed by atoms with van der Waals surface area (Å²) in [6.07, 6.45) is 4.29. The Balaban J connectivity index is 2.90. The van der Waals surface area contributed by atoms with E-state index in [0.29, 0.717) is 12.8 Å². The maximum atomic E-state index is 12.6. The molecule has 1 amide bonds. The predicted molar refractivity (Wildman–Crippen MR) is 76.0 cm³/mol. The van der Waals surface area contributed by atoms with Crippen molar-refractivity contribution in [1.29, 1.82) is 0 Å². The quantitative estimate of drug-likeness (QED) is 0.318. The van der Waals surface area contributed by atoms with Gasteiger partial charge in [-0.2, -0.15) is 0 Å². The molecule has 110 valence electrons. The van der Waals surface area contributed by atoms with Gasteiger partial charge in [-0.15, -0.1) is 0 Å². The van der Waals surface area contributed by atoms with Crippen LogP contribution in [0.2, 0.25) is 0 Å². The fraction of sp³-hybridized carbons (Fsp3) is 0.857. The summed E-state index contributed by atoms with van der Waals surface area (Å²) in [5.74, 6) is -0.0595. The minimum absolute atomic E-state index is 0.0172. The topological polar surface area (TPSA) is 87.7 Å². The van der Waals surface area contributed by atoms with Crippen molar-refractivity contribution in [1.82, 2.24) is 5.32 Å². The van der Waals surface area contributed by atoms with Crippen LogP contribution < -0.4 is 11.1 Å². The highest BCUT2D eigenvalue weighted by Gasteiger charge is 2.44. The third-order valence-electron chi connectivity index (χ3n) is 4.39. The number of carbonyl (C=O) groups is 1. The minimum Gasteiger partial charge on any atom is -0.409 e. The number of nitrogens with two attached hydrogens (primary N) is 1. The Bertz CT molecular complexity index is 352. The van der Waals surface area contributed by atoms with Crippen LogP contribution >= 0.6 is 0 Å². The monoisotopic (exact) mass is 269 g/mol. The number of nitrogens with zero attached hydrogens (tertiary/aromatic N) is 1. The highest BCUT2D eigenvalue weighted by Crippen LogP contribution is 2.37. The van der Waals surface area contributed by atoms with Crippen LogP contribution in [-0.2, 0) is 4.79 Å². The van der Waals surface area contributed by atoms with Gasteiger partial charge in [0.1, 0.15) is 5.41 Å². The first kappa shape index (κ1) is 15.8. The first-order valence-corrected chi connectivity index (χ1v) is 7.03. The molecule has 0 bridgehead atoms. The molecule has 1 aliphatic rings. The van der Waals surface area contributed by atoms with Crippen LogP contribution in [-0.4, -0.2) is 23.0 Å². The molecule has 0 spiro atoms. The average Bonchev–Trinajstić information content (AvgIpc) is 2.37. The van der Waals surface area contributed by atoms with E-state index in [4.69, 9.17) is 10.9 Å². The first-order valence-electron chi connectivity index (χ1n) is 7.03. The van der Waals surface area contributed by atoms with Gasteiger partial charge in [0.05, 0.1) is 0 Å². The second kappa shape index (κ2) is 5.80. The van der Waals surface area contributed by atoms with Gasteiger partial charge in [0.25, 0.3) is 0 Å². The van der Waals surface area contributed by atoms with Crippen molar-refractivity contribution >= 4 is 11.7 Å². The summed E-state index contributed by atoms with van der Waals surface area (Å²) in [4.78, 5) is 12.6. The maximum Gasteiger partial charge on any atom is 0.234 e. The van der Waals surface area contributed by atoms with Crippen molar-refractivity contribution < 1.29 is 10.0 Å². The van der Waals surface area contributed by atoms with E-state index in [0.717, 1.165) is 19.3 Å². The number of amidine groups is 1. The van der Waals surface area contributed by atoms with E-state index >= 15 is 0 Å². The summed E-state index contributed by atoms with van der Waals surface area (Å²) in [5.41, 5.74) is 4.96. The van der Waals surface area contributed by atoms with E-state index in [2.05, 4.69) is 31.2 Å². The molecule has 1 unspecified atom stereocenters. The Morgan fingerprint density at radius 1 is 1.32 bits per heavy atom. The van der Waals surface area contributed by atoms with E-state index in [1.807, 2.05) is 6.92 Å². The molecule has 5 nitrogen and oxygen atoms in total. The van der Waals surface area contributed by atoms with Crippen LogP contribution in [0.1, 0.15) is 59.8 Å². The summed E-state index contributed by atoms with van der Waals surface area (Å²) >= 11 is 0. The van der Waals surface area contributed by atoms with Gasteiger partial charge in [0.2, 0.25) is 5.91 Å². The van der Waals surface area contributed by atoms with Gasteiger partial charge in [0.15, 0.2) is 5.84 Å². The number of amides is 1. The maximum absolute atomic E-state index is 12.6. The number of rotatable bonds is 3. The third-order valence-corrected chi connectivity index (χ3v) is 4.39. The lowest BCUT2D eigenvalue weighted by Gasteiger charge is -2.37. The van der Waals surface area contributed by atoms with E-state index in [-0.39, 0.29) is 23.2 Å². The zero-order chi connectivity index (χ0) is 14.7. The molecule has 0 aromatic rings. The molecule has 4 N–H and O–H groups in total. The van der Waals surface area contributed by atoms with Crippen LogP contribution in [0, 0.1) is 10.8 Å². The molecule has 0 aliphatic heterocycles. The average molecular weight is 269 g/mol. The molecule has 0 saturated heterocycles. The zero-order valence-corrected chi connectivity index (χ0v) is 12.5. The second-order valence-electron chi connectivity index (χ2n) is 6.69. The second-order valence-corrected chi connectivity index (χ2v) is 6.69. The summed E-state index contributed by atoms with van der Waals surface area (Å²) in [7, 11) is 0. The Kier molecular flexibility index (Phi) is 4.82. The Morgan fingerprint density at radius 2 is 1.84 bits per heavy atom. The van der Waals surface area contributed by atoms with E-state index in [9.17, 15) is 4.79 Å². The van der Waals surface area contributed by atoms with Crippen molar-refractivity contribution in [3.05, 3.63) is 0 Å². The standard InChI is InChI=1S/C14H27N3O2/c1-10(13(2,3)4)16-12(18)14(11(15)17-19)8-6-5-7-9-14/h10,19H,5-9H2,1-4H3,(H2,15,17)(H,16,18). The molecular formula is C14H27N3O2. The summed E-state index contributed by atoms with van der Waals surface area (Å²) < 4.78 is 0. The van der Waals surface area contributed by atoms with Crippen molar-refractivity contribution in [2.24, 2.45) is 21.7 Å². The minimum atomic E-state index is -0.827. The van der Waals surface area contributed by atoms with Crippen molar-refractivity contribution in [2.45, 2.75) is 65.8 Å². The molecule has 1 atom stereocenters. The fourth-order valence-electron chi connectivity index (χ4n) is 2.40. The van der Waals surface area contributed by atoms with Crippen molar-refractivity contribution in [3.8, 4) is 0 Å². The zero-order valence-electron chi connectivity index (χ0n) is 12.5. The van der Waals surface area contributed by atoms with Crippen LogP contribution in [0.3, 0.4) is 0 Å². The van der Waals surface area contributed by atoms with Crippen molar-refractivity contribution in [2.75, 3.05) is 0 Å². The Hall–Kier alpha value is -1.26. The largest absolute Gasteiger partial charge is 0.409 e. The SMILES string of the molecule is CC(NC(=O)C1(C(N)=NO)CCCCC1)C(C)(C)C. The lowest BCUT2D eigenvalue weighted by atomic mass is 9.72. The molecule has 1 aliphatic carbocycles. The van der Waals surface area contributed by atoms with Crippen LogP contribution in [0.15, 0.2) is 5.16 Å². The summed E-state index contributed by atoms with van der Waals surface area (Å²) in [6, 6.07) is 0.0327. The molecule has 19 heavy (non-hydrogen) atoms. The number of nitrogens with one attached hydrogen (secondary N) is 1. The smallest absolute Gasteiger partial charge is 0.234 e. The molecule has 0 heterocycles. The molecular weight excluding hydrogens is 242 g/mol. The number of hydrogen-bond donors (Lipinski definition) is 3. The lowest BCUT2D eigenvalue weighted by molar-refractivity contribution is -0.130. The van der Waals surface area contributed by atoms with Gasteiger partial charge in [-0.25, -0.2) is 0 Å². The highest BCUT2D eigenvalue weighted by molar-refractivity contribution is 6.06. The lowest BCUT2D eigenvalue weighted by Crippen LogP contribution is -2.54. The molecule has 1 rings (SSSR count). The highest BCUT2D eigenvalue weighted by atomic mass is 16.4. The van der Waals surface area contributed by atoms with E-state index in [1.165, 1.54) is 0 Å². The van der Waals surface area contributed by atoms with Crippen molar-refractivity contribution in [3.63, 3.8) is 0 Å². The van der Waals surface area contributed by atoms with Crippen LogP contribution in [0.25, 0.3) is 0 Å². The van der Waals surface area contributed by atoms with Gasteiger partial charge >= 0.3 is 0 Å². The molecule has 0 aromatic heterocycles. The van der Waals surface area contributed by atoms with Gasteiger partial charge in [-0.05, 0) is 25.2 Å². The first-order chi connectivity index (χ1) is 8.74. The molecule has 5 heteroatoms. The van der Waals surface area contributed by atoms with E-state index < -0.39 is 5.41 Å². The van der Waals surface area contributed by atoms with Gasteiger partial charge in [-0.1, -0.05) is 45.2 Å². The summed E-state index contributed by atoms with van der Waals surface area (Å²) in [6.45, 7) is 8.22. The molecule has 0 aromatic carbocycles. The van der Waals surface area contributed by atoms with Gasteiger partial charge in [0, 0.05) is 6.04 Å². The third kappa shape index (κ3) is 3.39. The molecule has 0 radical (unpaired) electrons. The van der Waals surface area contributed by atoms with E-state index in [1.54, 1.807) is 0 Å². The summed E-state index contributed by atoms with van der Waals surface area (Å²) in [5, 5.41) is 15.1. The van der Waals surface area contributed by atoms with Crippen LogP contribution in [0.5, 0.6) is 0 Å². The van der Waals surface area contributed by atoms with Crippen LogP contribution in [0.4, 0.5) is 0 Å². The predicted octanol–water partition coefficient (Wildman–Crippen LogP) is 2.23. The number of hydrogen-bond acceptors (Lipinski definition) is 3. The normalized spacial score (nSPS) is 21.8. The molecule has 1 fully saturated rings. The van der Waals surface area contributed by atoms with Gasteiger partial charge in [-0.3, -0.25) is 4.79 Å².